The molecule has 0 amide bonds. The normalized spacial score (nSPS) is 24.3. The van der Waals surface area contributed by atoms with Gasteiger partial charge in [0.05, 0.1) is 18.8 Å². The quantitative estimate of drug-likeness (QED) is 0.292. The van der Waals surface area contributed by atoms with Crippen LogP contribution < -0.4 is 20.9 Å². The van der Waals surface area contributed by atoms with Crippen molar-refractivity contribution in [2.75, 3.05) is 6.61 Å². The molecule has 198 valence electrons. The van der Waals surface area contributed by atoms with E-state index in [1.807, 2.05) is 6.92 Å². The molecule has 6 atom stereocenters. The van der Waals surface area contributed by atoms with Gasteiger partial charge < -0.3 is 19.1 Å². The first-order valence-corrected chi connectivity index (χ1v) is 13.2. The summed E-state index contributed by atoms with van der Waals surface area (Å²) in [4.78, 5) is 38.1. The number of nitrogens with zero attached hydrogens (tertiary/aromatic N) is 1. The molecule has 13 heteroatoms. The summed E-state index contributed by atoms with van der Waals surface area (Å²) in [5, 5.41) is 13.4. The average Bonchev–Trinajstić information content (AvgIpc) is 3.13. The van der Waals surface area contributed by atoms with Gasteiger partial charge in [0, 0.05) is 18.2 Å². The van der Waals surface area contributed by atoms with E-state index in [-0.39, 0.29) is 18.5 Å². The third-order valence-electron chi connectivity index (χ3n) is 5.55. The van der Waals surface area contributed by atoms with Gasteiger partial charge in [-0.15, -0.1) is 0 Å². The summed E-state index contributed by atoms with van der Waals surface area (Å²) in [7, 11) is -4.14. The van der Waals surface area contributed by atoms with E-state index in [1.165, 1.54) is 13.1 Å². The smallest absolute Gasteiger partial charge is 0.459 e. The van der Waals surface area contributed by atoms with Gasteiger partial charge in [0.2, 0.25) is 0 Å². The van der Waals surface area contributed by atoms with Crippen LogP contribution in [-0.2, 0) is 23.4 Å². The third kappa shape index (κ3) is 6.92. The highest BCUT2D eigenvalue weighted by Gasteiger charge is 2.45. The van der Waals surface area contributed by atoms with Gasteiger partial charge in [0.1, 0.15) is 17.9 Å². The Hall–Kier alpha value is -2.76. The summed E-state index contributed by atoms with van der Waals surface area (Å²) in [6.07, 6.45) is -1.65. The van der Waals surface area contributed by atoms with Crippen molar-refractivity contribution >= 4 is 13.7 Å². The minimum Gasteiger partial charge on any atom is -0.462 e. The van der Waals surface area contributed by atoms with Gasteiger partial charge in [-0.25, -0.2) is 9.36 Å². The minimum atomic E-state index is -4.14. The third-order valence-corrected chi connectivity index (χ3v) is 7.20. The number of para-hydroxylation sites is 1. The van der Waals surface area contributed by atoms with E-state index >= 15 is 0 Å². The standard InChI is InChI=1S/C23H32N3O9P/c1-5-17-18(34-21(20(17)28)26-12-11-19(27)24-23(26)30)13-32-36(31,35-16-9-7-6-8-10-16)25-15(4)22(29)33-14(2)3/h6-12,14-15,17-18,20-21,28H,5,13H2,1-4H3,(H,25,31)(H,24,27,30)/t15-,17-,18-,20-,21-,36?/m1/s1. The van der Waals surface area contributed by atoms with Crippen molar-refractivity contribution in [3.05, 3.63) is 63.4 Å². The Morgan fingerprint density at radius 2 is 1.92 bits per heavy atom. The molecule has 0 saturated carbocycles. The van der Waals surface area contributed by atoms with Crippen molar-refractivity contribution in [1.29, 1.82) is 0 Å². The number of aliphatic hydroxyl groups is 1. The second kappa shape index (κ2) is 12.0. The highest BCUT2D eigenvalue weighted by molar-refractivity contribution is 7.52. The molecule has 2 heterocycles. The molecular weight excluding hydrogens is 493 g/mol. The first kappa shape index (κ1) is 27.8. The van der Waals surface area contributed by atoms with Crippen LogP contribution in [0.25, 0.3) is 0 Å². The predicted octanol–water partition coefficient (Wildman–Crippen LogP) is 1.95. The van der Waals surface area contributed by atoms with Crippen LogP contribution in [0.3, 0.4) is 0 Å². The Labute approximate surface area is 208 Å². The van der Waals surface area contributed by atoms with Crippen LogP contribution in [0.5, 0.6) is 5.75 Å². The van der Waals surface area contributed by atoms with E-state index in [9.17, 15) is 24.1 Å². The number of hydrogen-bond donors (Lipinski definition) is 3. The fourth-order valence-corrected chi connectivity index (χ4v) is 5.33. The van der Waals surface area contributed by atoms with E-state index in [1.54, 1.807) is 44.2 Å². The zero-order valence-corrected chi connectivity index (χ0v) is 21.4. The number of benzene rings is 1. The summed E-state index contributed by atoms with van der Waals surface area (Å²) >= 11 is 0. The van der Waals surface area contributed by atoms with Crippen molar-refractivity contribution in [3.63, 3.8) is 0 Å². The minimum absolute atomic E-state index is 0.245. The van der Waals surface area contributed by atoms with E-state index < -0.39 is 55.4 Å². The van der Waals surface area contributed by atoms with Crippen LogP contribution in [0.15, 0.2) is 52.2 Å². The SMILES string of the molecule is CC[C@H]1[C@@H](O)[C@H](n2ccc(=O)[nH]c2=O)O[C@@H]1COP(=O)(N[C@H](C)C(=O)OC(C)C)Oc1ccccc1. The molecule has 1 saturated heterocycles. The van der Waals surface area contributed by atoms with Gasteiger partial charge in [-0.1, -0.05) is 25.1 Å². The van der Waals surface area contributed by atoms with Gasteiger partial charge >= 0.3 is 19.4 Å². The summed E-state index contributed by atoms with van der Waals surface area (Å²) in [5.74, 6) is -0.876. The lowest BCUT2D eigenvalue weighted by atomic mass is 9.95. The molecule has 0 spiro atoms. The van der Waals surface area contributed by atoms with E-state index in [0.29, 0.717) is 6.42 Å². The number of aromatic amines is 1. The van der Waals surface area contributed by atoms with Crippen LogP contribution in [0, 0.1) is 5.92 Å². The molecule has 1 aliphatic rings. The van der Waals surface area contributed by atoms with E-state index in [4.69, 9.17) is 18.5 Å². The van der Waals surface area contributed by atoms with Crippen LogP contribution in [0.4, 0.5) is 0 Å². The number of H-pyrrole nitrogens is 1. The second-order valence-corrected chi connectivity index (χ2v) is 10.4. The van der Waals surface area contributed by atoms with Gasteiger partial charge in [-0.2, -0.15) is 5.09 Å². The highest BCUT2D eigenvalue weighted by Crippen LogP contribution is 2.46. The van der Waals surface area contributed by atoms with Gasteiger partial charge in [-0.05, 0) is 39.3 Å². The molecule has 1 aliphatic heterocycles. The highest BCUT2D eigenvalue weighted by atomic mass is 31.2. The van der Waals surface area contributed by atoms with Crippen molar-refractivity contribution in [1.82, 2.24) is 14.6 Å². The van der Waals surface area contributed by atoms with Gasteiger partial charge in [0.25, 0.3) is 5.56 Å². The lowest BCUT2D eigenvalue weighted by Gasteiger charge is -2.25. The molecule has 2 aromatic rings. The van der Waals surface area contributed by atoms with Gasteiger partial charge in [0.15, 0.2) is 6.23 Å². The van der Waals surface area contributed by atoms with Crippen LogP contribution >= 0.6 is 7.75 Å². The Morgan fingerprint density at radius 3 is 2.53 bits per heavy atom. The molecule has 36 heavy (non-hydrogen) atoms. The number of hydrogen-bond acceptors (Lipinski definition) is 9. The Morgan fingerprint density at radius 1 is 1.22 bits per heavy atom. The number of carbonyl (C=O) groups is 1. The van der Waals surface area contributed by atoms with Crippen molar-refractivity contribution in [2.45, 2.75) is 64.7 Å². The van der Waals surface area contributed by atoms with Gasteiger partial charge in [-0.3, -0.25) is 23.7 Å². The number of aromatic nitrogens is 2. The van der Waals surface area contributed by atoms with Crippen LogP contribution in [0.1, 0.15) is 40.3 Å². The zero-order valence-electron chi connectivity index (χ0n) is 20.5. The molecule has 0 bridgehead atoms. The maximum Gasteiger partial charge on any atom is 0.459 e. The Bertz CT molecular complexity index is 1180. The maximum atomic E-state index is 13.7. The molecule has 1 aromatic carbocycles. The fourth-order valence-electron chi connectivity index (χ4n) is 3.82. The fraction of sp³-hybridized carbons (Fsp3) is 0.522. The first-order valence-electron chi connectivity index (χ1n) is 11.7. The molecule has 1 unspecified atom stereocenters. The van der Waals surface area contributed by atoms with E-state index in [2.05, 4.69) is 10.1 Å². The molecule has 0 aliphatic carbocycles. The summed E-state index contributed by atoms with van der Waals surface area (Å²) in [6, 6.07) is 8.42. The summed E-state index contributed by atoms with van der Waals surface area (Å²) in [5.41, 5.74) is -1.31. The molecule has 12 nitrogen and oxygen atoms in total. The van der Waals surface area contributed by atoms with Crippen molar-refractivity contribution in [3.8, 4) is 5.75 Å². The molecule has 0 radical (unpaired) electrons. The number of nitrogens with one attached hydrogen (secondary N) is 2. The molecule has 3 rings (SSSR count). The molecular formula is C23H32N3O9P. The lowest BCUT2D eigenvalue weighted by Crippen LogP contribution is -2.37. The number of carbonyl (C=O) groups excluding carboxylic acids is 1. The Balaban J connectivity index is 1.79. The maximum absolute atomic E-state index is 13.7. The molecule has 1 fully saturated rings. The van der Waals surface area contributed by atoms with Crippen molar-refractivity contribution in [2.24, 2.45) is 5.92 Å². The number of rotatable bonds is 11. The molecule has 1 aromatic heterocycles. The topological polar surface area (TPSA) is 158 Å². The average molecular weight is 525 g/mol. The molecule has 3 N–H and O–H groups in total. The number of aliphatic hydroxyl groups excluding tert-OH is 1. The first-order chi connectivity index (χ1) is 17.0. The van der Waals surface area contributed by atoms with Crippen molar-refractivity contribution < 1.29 is 33.0 Å². The largest absolute Gasteiger partial charge is 0.462 e. The zero-order chi connectivity index (χ0) is 26.5. The van der Waals surface area contributed by atoms with Crippen LogP contribution in [-0.4, -0.2) is 51.6 Å². The number of ether oxygens (including phenoxy) is 2. The predicted molar refractivity (Wildman–Crippen MR) is 129 cm³/mol. The monoisotopic (exact) mass is 525 g/mol. The summed E-state index contributed by atoms with van der Waals surface area (Å²) < 4.78 is 37.2. The summed E-state index contributed by atoms with van der Waals surface area (Å²) in [6.45, 7) is 6.40. The number of esters is 1. The Kier molecular flexibility index (Phi) is 9.26. The lowest BCUT2D eigenvalue weighted by molar-refractivity contribution is -0.149. The van der Waals surface area contributed by atoms with E-state index in [0.717, 1.165) is 10.6 Å². The second-order valence-electron chi connectivity index (χ2n) is 8.68. The van der Waals surface area contributed by atoms with Crippen LogP contribution in [0.2, 0.25) is 0 Å².